The van der Waals surface area contributed by atoms with Gasteiger partial charge in [0, 0.05) is 16.1 Å². The van der Waals surface area contributed by atoms with Gasteiger partial charge in [-0.3, -0.25) is 0 Å². The van der Waals surface area contributed by atoms with Crippen LogP contribution in [-0.4, -0.2) is 11.1 Å². The van der Waals surface area contributed by atoms with Crippen LogP contribution < -0.4 is 4.74 Å². The number of ether oxygens (including phenoxy) is 1. The number of carboxylic acid groups (broad SMARTS) is 1. The monoisotopic (exact) mass is 350 g/mol. The molecule has 0 aliphatic heterocycles. The molecule has 2 aromatic rings. The number of carboxylic acids is 1. The summed E-state index contributed by atoms with van der Waals surface area (Å²) in [6, 6.07) is 11.8. The van der Waals surface area contributed by atoms with Crippen LogP contribution in [0.1, 0.15) is 11.1 Å². The number of halogens is 2. The molecule has 108 valence electrons. The molecule has 0 unspecified atom stereocenters. The molecule has 0 heterocycles. The Bertz CT molecular complexity index is 683. The molecular formula is C16H12BrFO3. The highest BCUT2D eigenvalue weighted by Gasteiger charge is 2.08. The van der Waals surface area contributed by atoms with Gasteiger partial charge in [0.25, 0.3) is 0 Å². The van der Waals surface area contributed by atoms with Crippen LogP contribution in [0.3, 0.4) is 0 Å². The number of carbonyl (C=O) groups is 1. The van der Waals surface area contributed by atoms with E-state index in [1.54, 1.807) is 6.07 Å². The first-order chi connectivity index (χ1) is 10.1. The zero-order valence-corrected chi connectivity index (χ0v) is 12.5. The van der Waals surface area contributed by atoms with Crippen LogP contribution in [0.4, 0.5) is 4.39 Å². The summed E-state index contributed by atoms with van der Waals surface area (Å²) >= 11 is 3.35. The molecule has 1 N–H and O–H groups in total. The first-order valence-corrected chi connectivity index (χ1v) is 6.92. The lowest BCUT2D eigenvalue weighted by molar-refractivity contribution is -0.131. The number of hydrogen-bond acceptors (Lipinski definition) is 2. The SMILES string of the molecule is O=C(O)/C=C/c1cccc(F)c1OCc1cccc(Br)c1. The normalized spacial score (nSPS) is 10.8. The number of benzene rings is 2. The van der Waals surface area contributed by atoms with Gasteiger partial charge in [0.2, 0.25) is 0 Å². The minimum Gasteiger partial charge on any atom is -0.485 e. The molecule has 0 spiro atoms. The molecule has 0 aromatic heterocycles. The van der Waals surface area contributed by atoms with Crippen molar-refractivity contribution in [2.24, 2.45) is 0 Å². The van der Waals surface area contributed by atoms with Crippen molar-refractivity contribution in [2.75, 3.05) is 0 Å². The predicted molar refractivity (Wildman–Crippen MR) is 81.5 cm³/mol. The maximum Gasteiger partial charge on any atom is 0.328 e. The second-order valence-electron chi connectivity index (χ2n) is 4.25. The molecule has 0 aliphatic rings. The Labute approximate surface area is 129 Å². The van der Waals surface area contributed by atoms with Crippen LogP contribution in [0.5, 0.6) is 5.75 Å². The fourth-order valence-electron chi connectivity index (χ4n) is 1.75. The van der Waals surface area contributed by atoms with E-state index < -0.39 is 11.8 Å². The van der Waals surface area contributed by atoms with E-state index in [-0.39, 0.29) is 12.4 Å². The number of para-hydroxylation sites is 1. The second-order valence-corrected chi connectivity index (χ2v) is 5.16. The van der Waals surface area contributed by atoms with Gasteiger partial charge in [-0.15, -0.1) is 0 Å². The van der Waals surface area contributed by atoms with Crippen LogP contribution in [0.15, 0.2) is 53.0 Å². The van der Waals surface area contributed by atoms with Crippen molar-refractivity contribution < 1.29 is 19.0 Å². The van der Waals surface area contributed by atoms with Crippen molar-refractivity contribution >= 4 is 28.0 Å². The Morgan fingerprint density at radius 3 is 2.76 bits per heavy atom. The molecule has 0 saturated carbocycles. The molecule has 0 saturated heterocycles. The smallest absolute Gasteiger partial charge is 0.328 e. The van der Waals surface area contributed by atoms with Crippen molar-refractivity contribution in [1.29, 1.82) is 0 Å². The van der Waals surface area contributed by atoms with Crippen LogP contribution in [0.25, 0.3) is 6.08 Å². The summed E-state index contributed by atoms with van der Waals surface area (Å²) in [6.07, 6.45) is 2.25. The van der Waals surface area contributed by atoms with E-state index in [4.69, 9.17) is 9.84 Å². The van der Waals surface area contributed by atoms with Gasteiger partial charge in [0.05, 0.1) is 0 Å². The minimum atomic E-state index is -1.10. The van der Waals surface area contributed by atoms with Crippen molar-refractivity contribution in [3.05, 3.63) is 70.0 Å². The van der Waals surface area contributed by atoms with E-state index in [1.165, 1.54) is 18.2 Å². The van der Waals surface area contributed by atoms with Gasteiger partial charge in [-0.1, -0.05) is 40.2 Å². The van der Waals surface area contributed by atoms with Crippen LogP contribution in [0.2, 0.25) is 0 Å². The molecule has 5 heteroatoms. The lowest BCUT2D eigenvalue weighted by atomic mass is 10.1. The summed E-state index contributed by atoms with van der Waals surface area (Å²) in [5.41, 5.74) is 1.26. The van der Waals surface area contributed by atoms with E-state index in [2.05, 4.69) is 15.9 Å². The lowest BCUT2D eigenvalue weighted by Gasteiger charge is -2.10. The third-order valence-electron chi connectivity index (χ3n) is 2.68. The summed E-state index contributed by atoms with van der Waals surface area (Å²) < 4.78 is 20.2. The third kappa shape index (κ3) is 4.43. The summed E-state index contributed by atoms with van der Waals surface area (Å²) in [7, 11) is 0. The largest absolute Gasteiger partial charge is 0.485 e. The fraction of sp³-hybridized carbons (Fsp3) is 0.0625. The topological polar surface area (TPSA) is 46.5 Å². The van der Waals surface area contributed by atoms with E-state index in [0.717, 1.165) is 16.1 Å². The van der Waals surface area contributed by atoms with E-state index >= 15 is 0 Å². The Kier molecular flexibility index (Phi) is 5.11. The van der Waals surface area contributed by atoms with Crippen LogP contribution in [0, 0.1) is 5.82 Å². The van der Waals surface area contributed by atoms with Crippen molar-refractivity contribution in [3.63, 3.8) is 0 Å². The van der Waals surface area contributed by atoms with E-state index in [1.807, 2.05) is 24.3 Å². The zero-order valence-electron chi connectivity index (χ0n) is 10.9. The van der Waals surface area contributed by atoms with Gasteiger partial charge in [-0.2, -0.15) is 0 Å². The number of rotatable bonds is 5. The van der Waals surface area contributed by atoms with Crippen molar-refractivity contribution in [2.45, 2.75) is 6.61 Å². The first kappa shape index (κ1) is 15.3. The molecule has 2 aromatic carbocycles. The van der Waals surface area contributed by atoms with Gasteiger partial charge < -0.3 is 9.84 Å². The highest BCUT2D eigenvalue weighted by atomic mass is 79.9. The van der Waals surface area contributed by atoms with Gasteiger partial charge >= 0.3 is 5.97 Å². The average Bonchev–Trinajstić information content (AvgIpc) is 2.44. The Balaban J connectivity index is 2.20. The van der Waals surface area contributed by atoms with Crippen molar-refractivity contribution in [3.8, 4) is 5.75 Å². The molecule has 0 bridgehead atoms. The highest BCUT2D eigenvalue weighted by molar-refractivity contribution is 9.10. The molecular weight excluding hydrogens is 339 g/mol. The molecule has 2 rings (SSSR count). The van der Waals surface area contributed by atoms with Gasteiger partial charge in [0.15, 0.2) is 11.6 Å². The van der Waals surface area contributed by atoms with Crippen molar-refractivity contribution in [1.82, 2.24) is 0 Å². The molecule has 0 aliphatic carbocycles. The number of aliphatic carboxylic acids is 1. The predicted octanol–water partition coefficient (Wildman–Crippen LogP) is 4.27. The average molecular weight is 351 g/mol. The van der Waals surface area contributed by atoms with E-state index in [0.29, 0.717) is 5.56 Å². The lowest BCUT2D eigenvalue weighted by Crippen LogP contribution is -1.99. The molecule has 3 nitrogen and oxygen atoms in total. The Morgan fingerprint density at radius 2 is 2.05 bits per heavy atom. The minimum absolute atomic E-state index is 0.0370. The van der Waals surface area contributed by atoms with E-state index in [9.17, 15) is 9.18 Å². The van der Waals surface area contributed by atoms with Crippen LogP contribution >= 0.6 is 15.9 Å². The summed E-state index contributed by atoms with van der Waals surface area (Å²) in [5, 5.41) is 8.65. The standard InChI is InChI=1S/C16H12BrFO3/c17-13-5-1-3-11(9-13)10-21-16-12(7-8-15(19)20)4-2-6-14(16)18/h1-9H,10H2,(H,19,20)/b8-7+. The summed E-state index contributed by atoms with van der Waals surface area (Å²) in [6.45, 7) is 0.189. The zero-order chi connectivity index (χ0) is 15.2. The maximum atomic E-state index is 13.8. The van der Waals surface area contributed by atoms with Gasteiger partial charge in [0.1, 0.15) is 6.61 Å². The van der Waals surface area contributed by atoms with Crippen LogP contribution in [-0.2, 0) is 11.4 Å². The fourth-order valence-corrected chi connectivity index (χ4v) is 2.20. The summed E-state index contributed by atoms with van der Waals surface area (Å²) in [5.74, 6) is -1.59. The molecule has 0 atom stereocenters. The number of hydrogen-bond donors (Lipinski definition) is 1. The maximum absolute atomic E-state index is 13.8. The second kappa shape index (κ2) is 7.04. The van der Waals surface area contributed by atoms with Gasteiger partial charge in [-0.05, 0) is 29.8 Å². The molecule has 0 fully saturated rings. The Morgan fingerprint density at radius 1 is 1.29 bits per heavy atom. The third-order valence-corrected chi connectivity index (χ3v) is 3.17. The Hall–Kier alpha value is -2.14. The van der Waals surface area contributed by atoms with Gasteiger partial charge in [-0.25, -0.2) is 9.18 Å². The quantitative estimate of drug-likeness (QED) is 0.819. The molecule has 0 radical (unpaired) electrons. The summed E-state index contributed by atoms with van der Waals surface area (Å²) in [4.78, 5) is 10.6. The molecule has 21 heavy (non-hydrogen) atoms. The first-order valence-electron chi connectivity index (χ1n) is 6.13. The highest BCUT2D eigenvalue weighted by Crippen LogP contribution is 2.25. The molecule has 0 amide bonds.